The van der Waals surface area contributed by atoms with Gasteiger partial charge in [-0.05, 0) is 42.6 Å². The molecule has 0 saturated carbocycles. The fraction of sp³-hybridized carbons (Fsp3) is 0.308. The fourth-order valence-corrected chi connectivity index (χ4v) is 2.25. The van der Waals surface area contributed by atoms with Crippen LogP contribution in [0.25, 0.3) is 0 Å². The highest BCUT2D eigenvalue weighted by molar-refractivity contribution is 7.98. The van der Waals surface area contributed by atoms with E-state index in [4.69, 9.17) is 12.2 Å². The summed E-state index contributed by atoms with van der Waals surface area (Å²) in [5.74, 6) is 0.865. The van der Waals surface area contributed by atoms with Crippen molar-refractivity contribution in [3.63, 3.8) is 0 Å². The van der Waals surface area contributed by atoms with Gasteiger partial charge in [-0.15, -0.1) is 11.8 Å². The molecular formula is C13H16N4S2. The van der Waals surface area contributed by atoms with Crippen molar-refractivity contribution in [2.45, 2.75) is 24.7 Å². The molecule has 100 valence electrons. The van der Waals surface area contributed by atoms with Crippen LogP contribution >= 0.6 is 24.0 Å². The van der Waals surface area contributed by atoms with Gasteiger partial charge >= 0.3 is 0 Å². The Hall–Kier alpha value is -1.40. The zero-order valence-electron chi connectivity index (χ0n) is 11.0. The van der Waals surface area contributed by atoms with Crippen LogP contribution in [0.4, 0.5) is 0 Å². The number of hydrogen-bond donors (Lipinski definition) is 1. The van der Waals surface area contributed by atoms with E-state index >= 15 is 0 Å². The van der Waals surface area contributed by atoms with E-state index in [9.17, 15) is 0 Å². The average molecular weight is 292 g/mol. The monoisotopic (exact) mass is 292 g/mol. The van der Waals surface area contributed by atoms with Crippen molar-refractivity contribution in [1.29, 1.82) is 0 Å². The molecule has 6 heteroatoms. The summed E-state index contributed by atoms with van der Waals surface area (Å²) in [4.78, 5) is 1.24. The number of aryl methyl sites for hydroxylation is 1. The van der Waals surface area contributed by atoms with E-state index in [1.165, 1.54) is 4.90 Å². The third-order valence-electron chi connectivity index (χ3n) is 2.63. The molecule has 0 bridgehead atoms. The van der Waals surface area contributed by atoms with Gasteiger partial charge in [-0.25, -0.2) is 0 Å². The number of aromatic amines is 1. The van der Waals surface area contributed by atoms with Crippen LogP contribution in [-0.2, 0) is 6.42 Å². The van der Waals surface area contributed by atoms with Crippen molar-refractivity contribution in [3.05, 3.63) is 40.4 Å². The minimum Gasteiger partial charge on any atom is -0.250 e. The Bertz CT molecular complexity index is 610. The summed E-state index contributed by atoms with van der Waals surface area (Å²) < 4.78 is 2.21. The molecule has 1 aromatic heterocycles. The second-order valence-electron chi connectivity index (χ2n) is 4.02. The van der Waals surface area contributed by atoms with Crippen molar-refractivity contribution in [2.24, 2.45) is 5.10 Å². The van der Waals surface area contributed by atoms with Crippen LogP contribution in [0.2, 0.25) is 0 Å². The maximum absolute atomic E-state index is 5.17. The number of nitrogens with zero attached hydrogens (tertiary/aromatic N) is 3. The van der Waals surface area contributed by atoms with Gasteiger partial charge in [-0.1, -0.05) is 19.1 Å². The number of benzene rings is 1. The Kier molecular flexibility index (Phi) is 4.93. The molecule has 0 aliphatic carbocycles. The summed E-state index contributed by atoms with van der Waals surface area (Å²) in [7, 11) is 0. The predicted octanol–water partition coefficient (Wildman–Crippen LogP) is 3.50. The zero-order chi connectivity index (χ0) is 13.7. The van der Waals surface area contributed by atoms with Gasteiger partial charge < -0.3 is 0 Å². The van der Waals surface area contributed by atoms with Crippen LogP contribution in [0.5, 0.6) is 0 Å². The number of H-pyrrole nitrogens is 1. The first-order valence-corrected chi connectivity index (χ1v) is 7.72. The Morgan fingerprint density at radius 2 is 2.16 bits per heavy atom. The van der Waals surface area contributed by atoms with Gasteiger partial charge in [-0.3, -0.25) is 5.10 Å². The van der Waals surface area contributed by atoms with Crippen molar-refractivity contribution in [2.75, 3.05) is 6.26 Å². The lowest BCUT2D eigenvalue weighted by molar-refractivity contribution is 0.740. The van der Waals surface area contributed by atoms with Crippen LogP contribution in [0.15, 0.2) is 34.3 Å². The third kappa shape index (κ3) is 3.54. The molecular weight excluding hydrogens is 276 g/mol. The van der Waals surface area contributed by atoms with Crippen LogP contribution in [0, 0.1) is 4.77 Å². The lowest BCUT2D eigenvalue weighted by Crippen LogP contribution is -1.98. The molecule has 0 spiro atoms. The molecule has 2 rings (SSSR count). The van der Waals surface area contributed by atoms with Crippen molar-refractivity contribution in [3.8, 4) is 0 Å². The van der Waals surface area contributed by atoms with E-state index in [2.05, 4.69) is 40.6 Å². The molecule has 2 aromatic rings. The van der Waals surface area contributed by atoms with Gasteiger partial charge in [0.25, 0.3) is 0 Å². The second-order valence-corrected chi connectivity index (χ2v) is 5.29. The molecule has 0 aliphatic rings. The summed E-state index contributed by atoms with van der Waals surface area (Å²) in [6, 6.07) is 8.23. The first-order chi connectivity index (χ1) is 9.24. The largest absolute Gasteiger partial charge is 0.250 e. The van der Waals surface area contributed by atoms with E-state index in [1.807, 2.05) is 12.1 Å². The second kappa shape index (κ2) is 6.68. The first-order valence-electron chi connectivity index (χ1n) is 6.09. The molecule has 4 nitrogen and oxygen atoms in total. The maximum Gasteiger partial charge on any atom is 0.216 e. The summed E-state index contributed by atoms with van der Waals surface area (Å²) in [5, 5.41) is 11.3. The summed E-state index contributed by atoms with van der Waals surface area (Å²) in [5.41, 5.74) is 1.04. The Morgan fingerprint density at radius 1 is 1.42 bits per heavy atom. The highest BCUT2D eigenvalue weighted by Gasteiger charge is 2.02. The van der Waals surface area contributed by atoms with Gasteiger partial charge in [0.2, 0.25) is 4.77 Å². The Morgan fingerprint density at radius 3 is 2.79 bits per heavy atom. The first kappa shape index (κ1) is 14.0. The van der Waals surface area contributed by atoms with Gasteiger partial charge in [0.1, 0.15) is 0 Å². The zero-order valence-corrected chi connectivity index (χ0v) is 12.6. The normalized spacial score (nSPS) is 11.3. The predicted molar refractivity (Wildman–Crippen MR) is 82.6 cm³/mol. The number of thioether (sulfide) groups is 1. The molecule has 0 amide bonds. The molecule has 19 heavy (non-hydrogen) atoms. The number of hydrogen-bond acceptors (Lipinski definition) is 4. The topological polar surface area (TPSA) is 46.0 Å². The van der Waals surface area contributed by atoms with Gasteiger partial charge in [0, 0.05) is 11.3 Å². The van der Waals surface area contributed by atoms with E-state index in [0.717, 1.165) is 24.2 Å². The quantitative estimate of drug-likeness (QED) is 0.521. The van der Waals surface area contributed by atoms with Gasteiger partial charge in [0.15, 0.2) is 5.82 Å². The molecule has 1 N–H and O–H groups in total. The van der Waals surface area contributed by atoms with Crippen molar-refractivity contribution >= 4 is 30.2 Å². The van der Waals surface area contributed by atoms with E-state index in [-0.39, 0.29) is 0 Å². The molecule has 0 atom stereocenters. The molecule has 0 saturated heterocycles. The number of aromatic nitrogens is 3. The molecule has 0 aliphatic heterocycles. The minimum atomic E-state index is 0.528. The van der Waals surface area contributed by atoms with Gasteiger partial charge in [-0.2, -0.15) is 14.9 Å². The SMILES string of the molecule is CCCc1n[nH]c(=S)n1/N=C\c1ccc(SC)cc1. The highest BCUT2D eigenvalue weighted by atomic mass is 32.2. The lowest BCUT2D eigenvalue weighted by atomic mass is 10.2. The molecule has 1 aromatic carbocycles. The Labute approximate surface area is 121 Å². The van der Waals surface area contributed by atoms with E-state index in [0.29, 0.717) is 4.77 Å². The highest BCUT2D eigenvalue weighted by Crippen LogP contribution is 2.14. The fourth-order valence-electron chi connectivity index (χ4n) is 1.64. The van der Waals surface area contributed by atoms with Crippen molar-refractivity contribution in [1.82, 2.24) is 14.9 Å². The smallest absolute Gasteiger partial charge is 0.216 e. The van der Waals surface area contributed by atoms with Gasteiger partial charge in [0.05, 0.1) is 6.21 Å². The maximum atomic E-state index is 5.17. The molecule has 0 unspecified atom stereocenters. The van der Waals surface area contributed by atoms with Crippen LogP contribution in [-0.4, -0.2) is 27.3 Å². The van der Waals surface area contributed by atoms with Crippen LogP contribution in [0.1, 0.15) is 24.7 Å². The standard InChI is InChI=1S/C13H16N4S2/c1-3-4-12-15-16-13(18)17(12)14-9-10-5-7-11(19-2)8-6-10/h5-9H,3-4H2,1-2H3,(H,16,18)/b14-9-. The Balaban J connectivity index is 2.21. The van der Waals surface area contributed by atoms with E-state index < -0.39 is 0 Å². The van der Waals surface area contributed by atoms with Crippen LogP contribution < -0.4 is 0 Å². The number of rotatable bonds is 5. The molecule has 1 heterocycles. The lowest BCUT2D eigenvalue weighted by Gasteiger charge is -1.99. The molecule has 0 fully saturated rings. The van der Waals surface area contributed by atoms with Crippen LogP contribution in [0.3, 0.4) is 0 Å². The number of nitrogens with one attached hydrogen (secondary N) is 1. The van der Waals surface area contributed by atoms with E-state index in [1.54, 1.807) is 22.7 Å². The average Bonchev–Trinajstić information content (AvgIpc) is 2.78. The summed E-state index contributed by atoms with van der Waals surface area (Å²) in [6.07, 6.45) is 5.73. The van der Waals surface area contributed by atoms with Crippen molar-refractivity contribution < 1.29 is 0 Å². The molecule has 0 radical (unpaired) electrons. The summed E-state index contributed by atoms with van der Waals surface area (Å²) >= 11 is 6.89. The minimum absolute atomic E-state index is 0.528. The third-order valence-corrected chi connectivity index (χ3v) is 3.64. The summed E-state index contributed by atoms with van der Waals surface area (Å²) in [6.45, 7) is 2.10.